The molecule has 12 heavy (non-hydrogen) atoms. The van der Waals surface area contributed by atoms with Crippen LogP contribution in [0, 0.1) is 5.92 Å². The Hall–Kier alpha value is -0.0900. The lowest BCUT2D eigenvalue weighted by atomic mass is 10.2. The second kappa shape index (κ2) is 6.43. The number of carbonyl (C=O) groups excluding carboxylic acids is 1. The molecule has 4 heteroatoms. The summed E-state index contributed by atoms with van der Waals surface area (Å²) in [5.41, 5.74) is 0. The molecule has 0 saturated heterocycles. The molecule has 1 N–H and O–H groups in total. The van der Waals surface area contributed by atoms with Gasteiger partial charge in [-0.05, 0) is 0 Å². The standard InChI is InChI=1S/C8H16BrNO2/c1-6(2)8(11)10-4-7(9)5-12-3/h6-7H,4-5H2,1-3H3,(H,10,11). The van der Waals surface area contributed by atoms with E-state index in [0.717, 1.165) is 0 Å². The highest BCUT2D eigenvalue weighted by Crippen LogP contribution is 1.98. The second-order valence-electron chi connectivity index (χ2n) is 2.95. The first-order valence-corrected chi connectivity index (χ1v) is 4.90. The van der Waals surface area contributed by atoms with Crippen LogP contribution in [0.4, 0.5) is 0 Å². The largest absolute Gasteiger partial charge is 0.383 e. The fourth-order valence-electron chi connectivity index (χ4n) is 0.655. The fourth-order valence-corrected chi connectivity index (χ4v) is 1.08. The molecule has 0 rings (SSSR count). The Morgan fingerprint density at radius 2 is 2.17 bits per heavy atom. The number of nitrogens with one attached hydrogen (secondary N) is 1. The maximum absolute atomic E-state index is 11.1. The molecule has 0 aliphatic carbocycles. The van der Waals surface area contributed by atoms with Gasteiger partial charge >= 0.3 is 0 Å². The third-order valence-electron chi connectivity index (χ3n) is 1.37. The van der Waals surface area contributed by atoms with Gasteiger partial charge in [-0.15, -0.1) is 0 Å². The Morgan fingerprint density at radius 3 is 2.58 bits per heavy atom. The van der Waals surface area contributed by atoms with E-state index in [4.69, 9.17) is 4.74 Å². The van der Waals surface area contributed by atoms with Crippen LogP contribution in [0.25, 0.3) is 0 Å². The maximum atomic E-state index is 11.1. The van der Waals surface area contributed by atoms with Gasteiger partial charge < -0.3 is 10.1 Å². The van der Waals surface area contributed by atoms with E-state index in [9.17, 15) is 4.79 Å². The second-order valence-corrected chi connectivity index (χ2v) is 4.25. The van der Waals surface area contributed by atoms with Gasteiger partial charge in [0.1, 0.15) is 0 Å². The normalized spacial score (nSPS) is 13.1. The highest BCUT2D eigenvalue weighted by atomic mass is 79.9. The first-order valence-electron chi connectivity index (χ1n) is 3.98. The monoisotopic (exact) mass is 237 g/mol. The lowest BCUT2D eigenvalue weighted by molar-refractivity contribution is -0.123. The van der Waals surface area contributed by atoms with Crippen LogP contribution in [0.15, 0.2) is 0 Å². The zero-order chi connectivity index (χ0) is 9.56. The van der Waals surface area contributed by atoms with Crippen molar-refractivity contribution in [3.63, 3.8) is 0 Å². The third kappa shape index (κ3) is 5.55. The molecule has 0 aromatic carbocycles. The highest BCUT2D eigenvalue weighted by Gasteiger charge is 2.08. The van der Waals surface area contributed by atoms with Gasteiger partial charge in [0.2, 0.25) is 5.91 Å². The van der Waals surface area contributed by atoms with Crippen LogP contribution < -0.4 is 5.32 Å². The van der Waals surface area contributed by atoms with Crippen LogP contribution in [0.5, 0.6) is 0 Å². The van der Waals surface area contributed by atoms with Crippen molar-refractivity contribution in [1.29, 1.82) is 0 Å². The van der Waals surface area contributed by atoms with Crippen molar-refractivity contribution in [1.82, 2.24) is 5.32 Å². The van der Waals surface area contributed by atoms with Crippen molar-refractivity contribution in [3.8, 4) is 0 Å². The number of hydrogen-bond donors (Lipinski definition) is 1. The molecule has 72 valence electrons. The van der Waals surface area contributed by atoms with Gasteiger partial charge in [-0.3, -0.25) is 4.79 Å². The number of hydrogen-bond acceptors (Lipinski definition) is 2. The van der Waals surface area contributed by atoms with E-state index in [2.05, 4.69) is 21.2 Å². The summed E-state index contributed by atoms with van der Waals surface area (Å²) in [4.78, 5) is 11.3. The van der Waals surface area contributed by atoms with Gasteiger partial charge in [0, 0.05) is 19.6 Å². The number of alkyl halides is 1. The Kier molecular flexibility index (Phi) is 6.38. The van der Waals surface area contributed by atoms with Gasteiger partial charge in [0.15, 0.2) is 0 Å². The molecule has 0 heterocycles. The van der Waals surface area contributed by atoms with Crippen LogP contribution in [-0.4, -0.2) is 31.0 Å². The summed E-state index contributed by atoms with van der Waals surface area (Å²) in [6, 6.07) is 0. The topological polar surface area (TPSA) is 38.3 Å². The number of ether oxygens (including phenoxy) is 1. The van der Waals surface area contributed by atoms with Crippen molar-refractivity contribution < 1.29 is 9.53 Å². The summed E-state index contributed by atoms with van der Waals surface area (Å²) in [6.07, 6.45) is 0. The van der Waals surface area contributed by atoms with Crippen LogP contribution in [-0.2, 0) is 9.53 Å². The molecule has 1 atom stereocenters. The average Bonchev–Trinajstić information content (AvgIpc) is 2.00. The lowest BCUT2D eigenvalue weighted by Gasteiger charge is -2.11. The molecule has 0 fully saturated rings. The number of methoxy groups -OCH3 is 1. The zero-order valence-electron chi connectivity index (χ0n) is 7.76. The number of rotatable bonds is 5. The van der Waals surface area contributed by atoms with Crippen LogP contribution >= 0.6 is 15.9 Å². The van der Waals surface area contributed by atoms with Crippen LogP contribution in [0.1, 0.15) is 13.8 Å². The summed E-state index contributed by atoms with van der Waals surface area (Å²) in [5, 5.41) is 2.80. The van der Waals surface area contributed by atoms with E-state index < -0.39 is 0 Å². The first-order chi connectivity index (χ1) is 5.57. The average molecular weight is 238 g/mol. The third-order valence-corrected chi connectivity index (χ3v) is 1.96. The molecule has 1 amide bonds. The van der Waals surface area contributed by atoms with E-state index >= 15 is 0 Å². The lowest BCUT2D eigenvalue weighted by Crippen LogP contribution is -2.34. The first kappa shape index (κ1) is 11.9. The van der Waals surface area contributed by atoms with Crippen LogP contribution in [0.2, 0.25) is 0 Å². The molecular weight excluding hydrogens is 222 g/mol. The van der Waals surface area contributed by atoms with Gasteiger partial charge in [0.25, 0.3) is 0 Å². The smallest absolute Gasteiger partial charge is 0.222 e. The van der Waals surface area contributed by atoms with E-state index in [0.29, 0.717) is 13.2 Å². The SMILES string of the molecule is COCC(Br)CNC(=O)C(C)C. The number of halogens is 1. The molecule has 0 aromatic heterocycles. The summed E-state index contributed by atoms with van der Waals surface area (Å²) >= 11 is 3.38. The quantitative estimate of drug-likeness (QED) is 0.730. The summed E-state index contributed by atoms with van der Waals surface area (Å²) < 4.78 is 4.90. The van der Waals surface area contributed by atoms with Crippen molar-refractivity contribution >= 4 is 21.8 Å². The summed E-state index contributed by atoms with van der Waals surface area (Å²) in [6.45, 7) is 4.97. The van der Waals surface area contributed by atoms with Gasteiger partial charge in [-0.2, -0.15) is 0 Å². The fraction of sp³-hybridized carbons (Fsp3) is 0.875. The predicted molar refractivity (Wildman–Crippen MR) is 52.4 cm³/mol. The molecule has 0 aliphatic rings. The van der Waals surface area contributed by atoms with E-state index in [1.54, 1.807) is 7.11 Å². The molecule has 0 bridgehead atoms. The van der Waals surface area contributed by atoms with Gasteiger partial charge in [-0.1, -0.05) is 29.8 Å². The number of carbonyl (C=O) groups is 1. The Labute approximate surface area is 82.0 Å². The van der Waals surface area contributed by atoms with Gasteiger partial charge in [0.05, 0.1) is 11.4 Å². The molecule has 3 nitrogen and oxygen atoms in total. The summed E-state index contributed by atoms with van der Waals surface area (Å²) in [5.74, 6) is 0.128. The number of amides is 1. The van der Waals surface area contributed by atoms with Crippen molar-refractivity contribution in [2.24, 2.45) is 5.92 Å². The molecule has 0 radical (unpaired) electrons. The Bertz CT molecular complexity index is 139. The van der Waals surface area contributed by atoms with Crippen molar-refractivity contribution in [3.05, 3.63) is 0 Å². The molecule has 0 spiro atoms. The van der Waals surface area contributed by atoms with E-state index in [1.807, 2.05) is 13.8 Å². The molecule has 1 unspecified atom stereocenters. The molecular formula is C8H16BrNO2. The molecule has 0 saturated carbocycles. The molecule has 0 aromatic rings. The van der Waals surface area contributed by atoms with Crippen LogP contribution in [0.3, 0.4) is 0 Å². The maximum Gasteiger partial charge on any atom is 0.222 e. The van der Waals surface area contributed by atoms with Gasteiger partial charge in [-0.25, -0.2) is 0 Å². The minimum atomic E-state index is 0.0484. The van der Waals surface area contributed by atoms with Crippen molar-refractivity contribution in [2.75, 3.05) is 20.3 Å². The Morgan fingerprint density at radius 1 is 1.58 bits per heavy atom. The highest BCUT2D eigenvalue weighted by molar-refractivity contribution is 9.09. The zero-order valence-corrected chi connectivity index (χ0v) is 9.35. The minimum absolute atomic E-state index is 0.0484. The van der Waals surface area contributed by atoms with E-state index in [-0.39, 0.29) is 16.7 Å². The van der Waals surface area contributed by atoms with E-state index in [1.165, 1.54) is 0 Å². The molecule has 0 aliphatic heterocycles. The predicted octanol–water partition coefficient (Wildman–Crippen LogP) is 1.17. The summed E-state index contributed by atoms with van der Waals surface area (Å²) in [7, 11) is 1.64. The van der Waals surface area contributed by atoms with Crippen molar-refractivity contribution in [2.45, 2.75) is 18.7 Å². The Balaban J connectivity index is 3.47. The minimum Gasteiger partial charge on any atom is -0.383 e.